The third kappa shape index (κ3) is 4.89. The molecule has 0 spiro atoms. The highest BCUT2D eigenvalue weighted by molar-refractivity contribution is 5.22. The van der Waals surface area contributed by atoms with Gasteiger partial charge in [0.1, 0.15) is 0 Å². The third-order valence-electron chi connectivity index (χ3n) is 5.64. The van der Waals surface area contributed by atoms with Crippen molar-refractivity contribution in [2.75, 3.05) is 13.1 Å². The summed E-state index contributed by atoms with van der Waals surface area (Å²) < 4.78 is 0. The molecule has 3 aromatic rings. The second-order valence-corrected chi connectivity index (χ2v) is 7.76. The van der Waals surface area contributed by atoms with Crippen LogP contribution in [0.5, 0.6) is 0 Å². The fraction of sp³-hybridized carbons (Fsp3) is 0.308. The SMILES string of the molecule is c1ccc(CN(Cc2ccccc2)C(c2ccccc2)N2CCCCC2)cc1. The lowest BCUT2D eigenvalue weighted by atomic mass is 10.0. The Morgan fingerprint density at radius 1 is 0.607 bits per heavy atom. The monoisotopic (exact) mass is 370 g/mol. The number of rotatable bonds is 7. The fourth-order valence-electron chi connectivity index (χ4n) is 4.31. The highest BCUT2D eigenvalue weighted by atomic mass is 15.4. The van der Waals surface area contributed by atoms with E-state index in [1.807, 2.05) is 0 Å². The van der Waals surface area contributed by atoms with Crippen LogP contribution in [0.15, 0.2) is 91.0 Å². The van der Waals surface area contributed by atoms with Gasteiger partial charge in [-0.25, -0.2) is 0 Å². The Kier molecular flexibility index (Phi) is 6.54. The van der Waals surface area contributed by atoms with Gasteiger partial charge in [0.05, 0.1) is 6.17 Å². The lowest BCUT2D eigenvalue weighted by Gasteiger charge is -2.42. The predicted octanol–water partition coefficient (Wildman–Crippen LogP) is 5.87. The van der Waals surface area contributed by atoms with Crippen LogP contribution >= 0.6 is 0 Å². The summed E-state index contributed by atoms with van der Waals surface area (Å²) in [5.74, 6) is 0. The van der Waals surface area contributed by atoms with E-state index < -0.39 is 0 Å². The van der Waals surface area contributed by atoms with Crippen LogP contribution in [0, 0.1) is 0 Å². The van der Waals surface area contributed by atoms with Gasteiger partial charge in [-0.3, -0.25) is 9.80 Å². The molecule has 1 atom stereocenters. The van der Waals surface area contributed by atoms with Gasteiger partial charge >= 0.3 is 0 Å². The zero-order valence-corrected chi connectivity index (χ0v) is 16.6. The molecule has 4 rings (SSSR count). The Morgan fingerprint density at radius 3 is 1.57 bits per heavy atom. The molecule has 1 saturated heterocycles. The Morgan fingerprint density at radius 2 is 1.07 bits per heavy atom. The van der Waals surface area contributed by atoms with Crippen LogP contribution in [-0.4, -0.2) is 22.9 Å². The van der Waals surface area contributed by atoms with Crippen LogP contribution in [0.1, 0.15) is 42.1 Å². The third-order valence-corrected chi connectivity index (χ3v) is 5.64. The molecule has 1 aliphatic rings. The number of hydrogen-bond acceptors (Lipinski definition) is 2. The van der Waals surface area contributed by atoms with Crippen molar-refractivity contribution in [2.45, 2.75) is 38.5 Å². The minimum atomic E-state index is 0.307. The van der Waals surface area contributed by atoms with Crippen molar-refractivity contribution >= 4 is 0 Å². The van der Waals surface area contributed by atoms with Gasteiger partial charge in [-0.15, -0.1) is 0 Å². The van der Waals surface area contributed by atoms with Crippen molar-refractivity contribution in [1.29, 1.82) is 0 Å². The van der Waals surface area contributed by atoms with Crippen LogP contribution in [0.2, 0.25) is 0 Å². The van der Waals surface area contributed by atoms with Gasteiger partial charge in [-0.1, -0.05) is 97.4 Å². The molecule has 0 aromatic heterocycles. The minimum Gasteiger partial charge on any atom is -0.284 e. The molecule has 0 radical (unpaired) electrons. The van der Waals surface area contributed by atoms with Crippen molar-refractivity contribution in [1.82, 2.24) is 9.80 Å². The molecule has 0 saturated carbocycles. The average Bonchev–Trinajstić information content (AvgIpc) is 2.77. The van der Waals surface area contributed by atoms with Crippen molar-refractivity contribution in [3.8, 4) is 0 Å². The summed E-state index contributed by atoms with van der Waals surface area (Å²) in [6, 6.07) is 32.8. The van der Waals surface area contributed by atoms with Crippen LogP contribution in [-0.2, 0) is 13.1 Å². The first-order chi connectivity index (χ1) is 13.9. The van der Waals surface area contributed by atoms with E-state index in [-0.39, 0.29) is 0 Å². The van der Waals surface area contributed by atoms with E-state index in [1.165, 1.54) is 49.0 Å². The standard InChI is InChI=1S/C26H30N2/c1-5-13-23(14-6-1)21-28(22-24-15-7-2-8-16-24)26(25-17-9-3-10-18-25)27-19-11-4-12-20-27/h1-3,5-10,13-18,26H,4,11-12,19-22H2. The maximum atomic E-state index is 2.69. The molecular formula is C26H30N2. The van der Waals surface area contributed by atoms with Gasteiger partial charge in [0.2, 0.25) is 0 Å². The summed E-state index contributed by atoms with van der Waals surface area (Å²) in [5.41, 5.74) is 4.14. The van der Waals surface area contributed by atoms with Crippen LogP contribution in [0.25, 0.3) is 0 Å². The molecule has 2 heteroatoms. The molecule has 28 heavy (non-hydrogen) atoms. The Bertz CT molecular complexity index is 769. The summed E-state index contributed by atoms with van der Waals surface area (Å²) in [5, 5.41) is 0. The first kappa shape index (κ1) is 18.9. The number of nitrogens with zero attached hydrogens (tertiary/aromatic N) is 2. The van der Waals surface area contributed by atoms with E-state index >= 15 is 0 Å². The quantitative estimate of drug-likeness (QED) is 0.513. The number of piperidine rings is 1. The van der Waals surface area contributed by atoms with E-state index in [2.05, 4.69) is 101 Å². The van der Waals surface area contributed by atoms with E-state index in [4.69, 9.17) is 0 Å². The molecule has 1 unspecified atom stereocenters. The van der Waals surface area contributed by atoms with Crippen LogP contribution in [0.4, 0.5) is 0 Å². The highest BCUT2D eigenvalue weighted by Gasteiger charge is 2.28. The lowest BCUT2D eigenvalue weighted by molar-refractivity contribution is 0.0159. The Labute approximate surface area is 169 Å². The van der Waals surface area contributed by atoms with Crippen LogP contribution < -0.4 is 0 Å². The molecule has 1 aliphatic heterocycles. The first-order valence-corrected chi connectivity index (χ1v) is 10.5. The van der Waals surface area contributed by atoms with Gasteiger partial charge in [-0.2, -0.15) is 0 Å². The average molecular weight is 371 g/mol. The van der Waals surface area contributed by atoms with Crippen molar-refractivity contribution < 1.29 is 0 Å². The Hall–Kier alpha value is -2.42. The highest BCUT2D eigenvalue weighted by Crippen LogP contribution is 2.31. The summed E-state index contributed by atoms with van der Waals surface area (Å²) in [6.07, 6.45) is 4.26. The van der Waals surface area contributed by atoms with E-state index in [0.29, 0.717) is 6.17 Å². The molecule has 2 nitrogen and oxygen atoms in total. The summed E-state index contributed by atoms with van der Waals surface area (Å²) in [6.45, 7) is 4.26. The van der Waals surface area contributed by atoms with Crippen molar-refractivity contribution in [3.05, 3.63) is 108 Å². The molecule has 1 fully saturated rings. The summed E-state index contributed by atoms with van der Waals surface area (Å²) in [4.78, 5) is 5.33. The van der Waals surface area contributed by atoms with Crippen molar-refractivity contribution in [2.24, 2.45) is 0 Å². The molecule has 0 bridgehead atoms. The molecule has 144 valence electrons. The van der Waals surface area contributed by atoms with Gasteiger partial charge in [0.25, 0.3) is 0 Å². The second kappa shape index (κ2) is 9.68. The molecule has 1 heterocycles. The molecule has 0 N–H and O–H groups in total. The molecular weight excluding hydrogens is 340 g/mol. The van der Waals surface area contributed by atoms with E-state index in [0.717, 1.165) is 13.1 Å². The summed E-state index contributed by atoms with van der Waals surface area (Å²) >= 11 is 0. The minimum absolute atomic E-state index is 0.307. The van der Waals surface area contributed by atoms with Crippen molar-refractivity contribution in [3.63, 3.8) is 0 Å². The maximum Gasteiger partial charge on any atom is 0.0892 e. The second-order valence-electron chi connectivity index (χ2n) is 7.76. The molecule has 0 aliphatic carbocycles. The van der Waals surface area contributed by atoms with Gasteiger partial charge in [0, 0.05) is 13.1 Å². The van der Waals surface area contributed by atoms with Gasteiger partial charge in [0.15, 0.2) is 0 Å². The summed E-state index contributed by atoms with van der Waals surface area (Å²) in [7, 11) is 0. The van der Waals surface area contributed by atoms with Gasteiger partial charge in [-0.05, 0) is 42.6 Å². The van der Waals surface area contributed by atoms with E-state index in [9.17, 15) is 0 Å². The van der Waals surface area contributed by atoms with Crippen LogP contribution in [0.3, 0.4) is 0 Å². The fourth-order valence-corrected chi connectivity index (χ4v) is 4.31. The molecule has 3 aromatic carbocycles. The topological polar surface area (TPSA) is 6.48 Å². The first-order valence-electron chi connectivity index (χ1n) is 10.5. The predicted molar refractivity (Wildman–Crippen MR) is 117 cm³/mol. The zero-order valence-electron chi connectivity index (χ0n) is 16.6. The number of likely N-dealkylation sites (tertiary alicyclic amines) is 1. The number of hydrogen-bond donors (Lipinski definition) is 0. The Balaban J connectivity index is 1.68. The van der Waals surface area contributed by atoms with E-state index in [1.54, 1.807) is 0 Å². The van der Waals surface area contributed by atoms with Gasteiger partial charge < -0.3 is 0 Å². The number of benzene rings is 3. The normalized spacial score (nSPS) is 16.2. The lowest BCUT2D eigenvalue weighted by Crippen LogP contribution is -2.43. The maximum absolute atomic E-state index is 2.69. The largest absolute Gasteiger partial charge is 0.284 e. The molecule has 0 amide bonds. The zero-order chi connectivity index (χ0) is 19.0. The smallest absolute Gasteiger partial charge is 0.0892 e.